The van der Waals surface area contributed by atoms with Crippen molar-refractivity contribution in [2.45, 2.75) is 13.3 Å². The molecule has 0 aromatic rings. The van der Waals surface area contributed by atoms with Gasteiger partial charge in [0.25, 0.3) is 0 Å². The van der Waals surface area contributed by atoms with Gasteiger partial charge in [-0.05, 0) is 36.0 Å². The third-order valence-electron chi connectivity index (χ3n) is 3.70. The van der Waals surface area contributed by atoms with Crippen LogP contribution in [0.3, 0.4) is 0 Å². The zero-order valence-electron chi connectivity index (χ0n) is 5.75. The zero-order chi connectivity index (χ0) is 6.01. The predicted octanol–water partition coefficient (Wildman–Crippen LogP) is 2.07. The summed E-state index contributed by atoms with van der Waals surface area (Å²) in [5.74, 6) is 5.40. The van der Waals surface area contributed by atoms with Crippen molar-refractivity contribution in [1.82, 2.24) is 0 Å². The number of allylic oxidation sites excluding steroid dienone is 2. The van der Waals surface area contributed by atoms with Gasteiger partial charge >= 0.3 is 0 Å². The van der Waals surface area contributed by atoms with Crippen LogP contribution in [0.1, 0.15) is 13.3 Å². The summed E-state index contributed by atoms with van der Waals surface area (Å²) >= 11 is 0. The van der Waals surface area contributed by atoms with E-state index in [1.807, 2.05) is 0 Å². The largest absolute Gasteiger partial charge is 0.0845 e. The van der Waals surface area contributed by atoms with E-state index in [1.54, 1.807) is 0 Å². The Morgan fingerprint density at radius 1 is 1.33 bits per heavy atom. The summed E-state index contributed by atoms with van der Waals surface area (Å²) in [5.41, 5.74) is 0. The van der Waals surface area contributed by atoms with Crippen molar-refractivity contribution < 1.29 is 0 Å². The molecule has 0 aromatic carbocycles. The summed E-state index contributed by atoms with van der Waals surface area (Å²) in [4.78, 5) is 0. The molecule has 48 valence electrons. The molecule has 3 aliphatic rings. The second kappa shape index (κ2) is 1.12. The first-order valence-electron chi connectivity index (χ1n) is 4.06. The predicted molar refractivity (Wildman–Crippen MR) is 36.9 cm³/mol. The van der Waals surface area contributed by atoms with E-state index in [0.29, 0.717) is 0 Å². The van der Waals surface area contributed by atoms with Gasteiger partial charge in [0.1, 0.15) is 0 Å². The van der Waals surface area contributed by atoms with Crippen LogP contribution in [-0.2, 0) is 0 Å². The van der Waals surface area contributed by atoms with Gasteiger partial charge in [0.2, 0.25) is 0 Å². The van der Waals surface area contributed by atoms with Crippen molar-refractivity contribution in [3.05, 3.63) is 12.2 Å². The summed E-state index contributed by atoms with van der Waals surface area (Å²) < 4.78 is 0. The highest BCUT2D eigenvalue weighted by Crippen LogP contribution is 2.65. The maximum absolute atomic E-state index is 2.43. The van der Waals surface area contributed by atoms with Crippen molar-refractivity contribution in [1.29, 1.82) is 0 Å². The average molecular weight is 120 g/mol. The van der Waals surface area contributed by atoms with Crippen molar-refractivity contribution in [2.75, 3.05) is 0 Å². The van der Waals surface area contributed by atoms with Gasteiger partial charge in [-0.15, -0.1) is 0 Å². The number of rotatable bonds is 0. The summed E-state index contributed by atoms with van der Waals surface area (Å²) in [6.45, 7) is 2.41. The Labute approximate surface area is 56.0 Å². The Morgan fingerprint density at radius 2 is 2.22 bits per heavy atom. The van der Waals surface area contributed by atoms with Gasteiger partial charge in [-0.1, -0.05) is 19.1 Å². The van der Waals surface area contributed by atoms with Crippen LogP contribution >= 0.6 is 0 Å². The highest BCUT2D eigenvalue weighted by Gasteiger charge is 2.59. The van der Waals surface area contributed by atoms with E-state index in [0.717, 1.165) is 29.6 Å². The van der Waals surface area contributed by atoms with E-state index in [-0.39, 0.29) is 0 Å². The summed E-state index contributed by atoms with van der Waals surface area (Å²) in [7, 11) is 0. The van der Waals surface area contributed by atoms with Gasteiger partial charge < -0.3 is 0 Å². The SMILES string of the molecule is CC1C2CC3C=CC3C12. The molecule has 5 atom stereocenters. The molecule has 3 aliphatic carbocycles. The van der Waals surface area contributed by atoms with Crippen LogP contribution in [0, 0.1) is 29.6 Å². The molecule has 0 saturated heterocycles. The highest BCUT2D eigenvalue weighted by molar-refractivity contribution is 5.23. The van der Waals surface area contributed by atoms with E-state index in [9.17, 15) is 0 Å². The highest BCUT2D eigenvalue weighted by atomic mass is 14.6. The molecule has 0 nitrogen and oxygen atoms in total. The lowest BCUT2D eigenvalue weighted by molar-refractivity contribution is 0.396. The fourth-order valence-electron chi connectivity index (χ4n) is 2.95. The fourth-order valence-corrected chi connectivity index (χ4v) is 2.95. The van der Waals surface area contributed by atoms with Crippen LogP contribution in [-0.4, -0.2) is 0 Å². The van der Waals surface area contributed by atoms with Gasteiger partial charge in [-0.3, -0.25) is 0 Å². The first-order chi connectivity index (χ1) is 4.38. The lowest BCUT2D eigenvalue weighted by Crippen LogP contribution is -2.16. The molecule has 5 unspecified atom stereocenters. The molecule has 0 radical (unpaired) electrons. The van der Waals surface area contributed by atoms with E-state index in [4.69, 9.17) is 0 Å². The molecule has 3 rings (SSSR count). The first kappa shape index (κ1) is 4.54. The second-order valence-electron chi connectivity index (χ2n) is 3.96. The van der Waals surface area contributed by atoms with Crippen molar-refractivity contribution in [3.8, 4) is 0 Å². The standard InChI is InChI=1S/C9H12/c1-5-8-4-6-2-3-7(6)9(5)8/h2-3,5-9H,4H2,1H3. The van der Waals surface area contributed by atoms with Crippen molar-refractivity contribution in [2.24, 2.45) is 29.6 Å². The van der Waals surface area contributed by atoms with Gasteiger partial charge in [0.15, 0.2) is 0 Å². The third kappa shape index (κ3) is 0.357. The van der Waals surface area contributed by atoms with Crippen LogP contribution in [0.2, 0.25) is 0 Å². The van der Waals surface area contributed by atoms with Gasteiger partial charge in [-0.2, -0.15) is 0 Å². The van der Waals surface area contributed by atoms with Crippen LogP contribution in [0.5, 0.6) is 0 Å². The van der Waals surface area contributed by atoms with Crippen LogP contribution in [0.15, 0.2) is 12.2 Å². The monoisotopic (exact) mass is 120 g/mol. The Bertz CT molecular complexity index is 180. The average Bonchev–Trinajstić information content (AvgIpc) is 2.25. The number of fused-ring (bicyclic) bond motifs is 3. The minimum absolute atomic E-state index is 1.02. The molecule has 0 aromatic heterocycles. The van der Waals surface area contributed by atoms with Crippen molar-refractivity contribution in [3.63, 3.8) is 0 Å². The molecule has 0 amide bonds. The number of hydrogen-bond donors (Lipinski definition) is 0. The maximum atomic E-state index is 2.43. The molecule has 0 spiro atoms. The smallest absolute Gasteiger partial charge is 0.0137 e. The number of hydrogen-bond acceptors (Lipinski definition) is 0. The Balaban J connectivity index is 1.94. The molecule has 2 saturated carbocycles. The molecule has 2 fully saturated rings. The molecule has 0 heteroatoms. The summed E-state index contributed by atoms with van der Waals surface area (Å²) in [6, 6.07) is 0. The van der Waals surface area contributed by atoms with E-state index >= 15 is 0 Å². The normalized spacial score (nSPS) is 66.6. The van der Waals surface area contributed by atoms with Crippen LogP contribution < -0.4 is 0 Å². The first-order valence-corrected chi connectivity index (χ1v) is 4.06. The van der Waals surface area contributed by atoms with E-state index < -0.39 is 0 Å². The van der Waals surface area contributed by atoms with E-state index in [1.165, 1.54) is 6.42 Å². The van der Waals surface area contributed by atoms with Gasteiger partial charge in [-0.25, -0.2) is 0 Å². The lowest BCUT2D eigenvalue weighted by atomic mass is 9.80. The molecule has 0 bridgehead atoms. The van der Waals surface area contributed by atoms with Gasteiger partial charge in [0.05, 0.1) is 0 Å². The van der Waals surface area contributed by atoms with Crippen molar-refractivity contribution >= 4 is 0 Å². The molecule has 0 N–H and O–H groups in total. The van der Waals surface area contributed by atoms with Crippen LogP contribution in [0.25, 0.3) is 0 Å². The zero-order valence-corrected chi connectivity index (χ0v) is 5.75. The molecule has 9 heavy (non-hydrogen) atoms. The Hall–Kier alpha value is -0.260. The lowest BCUT2D eigenvalue weighted by Gasteiger charge is -2.25. The molecule has 0 heterocycles. The molecule has 0 aliphatic heterocycles. The second-order valence-corrected chi connectivity index (χ2v) is 3.96. The van der Waals surface area contributed by atoms with E-state index in [2.05, 4.69) is 19.1 Å². The quantitative estimate of drug-likeness (QED) is 0.429. The van der Waals surface area contributed by atoms with Crippen LogP contribution in [0.4, 0.5) is 0 Å². The Kier molecular flexibility index (Phi) is 0.564. The maximum Gasteiger partial charge on any atom is -0.0137 e. The summed E-state index contributed by atoms with van der Waals surface area (Å²) in [6.07, 6.45) is 6.36. The topological polar surface area (TPSA) is 0 Å². The molecular weight excluding hydrogens is 108 g/mol. The minimum Gasteiger partial charge on any atom is -0.0845 e. The van der Waals surface area contributed by atoms with Gasteiger partial charge in [0, 0.05) is 0 Å². The Morgan fingerprint density at radius 3 is 2.67 bits per heavy atom. The minimum atomic E-state index is 1.02. The fraction of sp³-hybridized carbons (Fsp3) is 0.778. The molecular formula is C9H12. The third-order valence-corrected chi connectivity index (χ3v) is 3.70. The summed E-state index contributed by atoms with van der Waals surface area (Å²) in [5, 5.41) is 0.